The second-order valence-electron chi connectivity index (χ2n) is 4.70. The third-order valence-electron chi connectivity index (χ3n) is 3.04. The molecule has 0 bridgehead atoms. The van der Waals surface area contributed by atoms with Gasteiger partial charge in [0, 0.05) is 23.6 Å². The van der Waals surface area contributed by atoms with Crippen LogP contribution in [-0.4, -0.2) is 24.5 Å². The van der Waals surface area contributed by atoms with Gasteiger partial charge in [0.25, 0.3) is 5.91 Å². The topological polar surface area (TPSA) is 29.5 Å². The average Bonchev–Trinajstić information content (AvgIpc) is 2.48. The number of halogens is 3. The van der Waals surface area contributed by atoms with E-state index in [0.29, 0.717) is 11.3 Å². The predicted molar refractivity (Wildman–Crippen MR) is 90.2 cm³/mol. The number of carbonyl (C=O) groups is 1. The van der Waals surface area contributed by atoms with Gasteiger partial charge >= 0.3 is 0 Å². The van der Waals surface area contributed by atoms with Crippen molar-refractivity contribution in [3.05, 3.63) is 62.8 Å². The maximum atomic E-state index is 13.6. The van der Waals surface area contributed by atoms with Crippen LogP contribution in [0.25, 0.3) is 0 Å². The summed E-state index contributed by atoms with van der Waals surface area (Å²) in [6.07, 6.45) is 0. The minimum Gasteiger partial charge on any atom is -0.483 e. The lowest BCUT2D eigenvalue weighted by atomic mass is 10.2. The molecule has 0 saturated carbocycles. The summed E-state index contributed by atoms with van der Waals surface area (Å²) in [7, 11) is 1.62. The molecule has 0 aliphatic rings. The van der Waals surface area contributed by atoms with Gasteiger partial charge in [0.1, 0.15) is 11.6 Å². The third kappa shape index (κ3) is 4.55. The van der Waals surface area contributed by atoms with Gasteiger partial charge in [0.2, 0.25) is 0 Å². The van der Waals surface area contributed by atoms with E-state index in [2.05, 4.69) is 31.9 Å². The first-order valence-corrected chi connectivity index (χ1v) is 8.11. The largest absolute Gasteiger partial charge is 0.483 e. The Labute approximate surface area is 145 Å². The van der Waals surface area contributed by atoms with Crippen LogP contribution in [0.4, 0.5) is 4.39 Å². The van der Waals surface area contributed by atoms with E-state index in [1.165, 1.54) is 11.0 Å². The second-order valence-corrected chi connectivity index (χ2v) is 6.47. The van der Waals surface area contributed by atoms with E-state index < -0.39 is 0 Å². The molecule has 116 valence electrons. The minimum atomic E-state index is -0.321. The lowest BCUT2D eigenvalue weighted by Crippen LogP contribution is -2.31. The summed E-state index contributed by atoms with van der Waals surface area (Å²) >= 11 is 6.72. The average molecular weight is 431 g/mol. The number of rotatable bonds is 5. The van der Waals surface area contributed by atoms with Gasteiger partial charge in [0.15, 0.2) is 6.61 Å². The van der Waals surface area contributed by atoms with Gasteiger partial charge < -0.3 is 9.64 Å². The fraction of sp³-hybridized carbons (Fsp3) is 0.188. The molecule has 1 amide bonds. The monoisotopic (exact) mass is 429 g/mol. The molecule has 2 rings (SSSR count). The predicted octanol–water partition coefficient (Wildman–Crippen LogP) is 4.39. The number of likely N-dealkylation sites (N-methyl/N-ethyl adjacent to an activating group) is 1. The Morgan fingerprint density at radius 2 is 1.95 bits per heavy atom. The van der Waals surface area contributed by atoms with Crippen molar-refractivity contribution in [2.45, 2.75) is 6.54 Å². The fourth-order valence-corrected chi connectivity index (χ4v) is 2.97. The zero-order chi connectivity index (χ0) is 16.1. The summed E-state index contributed by atoms with van der Waals surface area (Å²) in [5.41, 5.74) is 0.475. The Morgan fingerprint density at radius 1 is 1.23 bits per heavy atom. The van der Waals surface area contributed by atoms with Gasteiger partial charge in [-0.2, -0.15) is 0 Å². The van der Waals surface area contributed by atoms with Crippen molar-refractivity contribution >= 4 is 37.8 Å². The molecule has 0 spiro atoms. The van der Waals surface area contributed by atoms with Crippen LogP contribution in [0.5, 0.6) is 5.75 Å². The van der Waals surface area contributed by atoms with Gasteiger partial charge in [-0.1, -0.05) is 34.1 Å². The summed E-state index contributed by atoms with van der Waals surface area (Å²) in [4.78, 5) is 13.5. The Morgan fingerprint density at radius 3 is 2.64 bits per heavy atom. The summed E-state index contributed by atoms with van der Waals surface area (Å²) in [5, 5.41) is 0. The van der Waals surface area contributed by atoms with E-state index in [-0.39, 0.29) is 24.9 Å². The van der Waals surface area contributed by atoms with Crippen molar-refractivity contribution in [1.82, 2.24) is 4.90 Å². The van der Waals surface area contributed by atoms with E-state index in [1.54, 1.807) is 31.3 Å². The number of ether oxygens (including phenoxy) is 1. The molecular formula is C16H14Br2FNO2. The SMILES string of the molecule is CN(Cc1ccccc1F)C(=O)COc1ccc(Br)cc1Br. The van der Waals surface area contributed by atoms with Gasteiger partial charge in [-0.3, -0.25) is 4.79 Å². The smallest absolute Gasteiger partial charge is 0.260 e. The molecule has 0 aliphatic carbocycles. The summed E-state index contributed by atoms with van der Waals surface area (Å²) in [5.74, 6) is 0.0348. The molecule has 6 heteroatoms. The highest BCUT2D eigenvalue weighted by atomic mass is 79.9. The second kappa shape index (κ2) is 7.74. The van der Waals surface area contributed by atoms with Gasteiger partial charge in [0.05, 0.1) is 4.47 Å². The quantitative estimate of drug-likeness (QED) is 0.704. The van der Waals surface area contributed by atoms with E-state index in [9.17, 15) is 9.18 Å². The number of hydrogen-bond donors (Lipinski definition) is 0. The first kappa shape index (κ1) is 17.0. The van der Waals surface area contributed by atoms with Crippen LogP contribution < -0.4 is 4.74 Å². The Hall–Kier alpha value is -1.40. The first-order valence-electron chi connectivity index (χ1n) is 6.52. The number of nitrogens with zero attached hydrogens (tertiary/aromatic N) is 1. The number of amides is 1. The highest BCUT2D eigenvalue weighted by Crippen LogP contribution is 2.28. The number of hydrogen-bond acceptors (Lipinski definition) is 2. The zero-order valence-corrected chi connectivity index (χ0v) is 15.0. The molecule has 22 heavy (non-hydrogen) atoms. The van der Waals surface area contributed by atoms with Crippen LogP contribution in [0.2, 0.25) is 0 Å². The van der Waals surface area contributed by atoms with Crippen LogP contribution in [0.3, 0.4) is 0 Å². The van der Waals surface area contributed by atoms with Crippen molar-refractivity contribution in [1.29, 1.82) is 0 Å². The molecule has 0 atom stereocenters. The van der Waals surface area contributed by atoms with Crippen LogP contribution in [0, 0.1) is 5.82 Å². The van der Waals surface area contributed by atoms with Crippen LogP contribution in [0.1, 0.15) is 5.56 Å². The third-order valence-corrected chi connectivity index (χ3v) is 4.15. The van der Waals surface area contributed by atoms with Crippen molar-refractivity contribution in [3.63, 3.8) is 0 Å². The highest BCUT2D eigenvalue weighted by molar-refractivity contribution is 9.11. The van der Waals surface area contributed by atoms with Crippen LogP contribution in [0.15, 0.2) is 51.4 Å². The number of carbonyl (C=O) groups excluding carboxylic acids is 1. The maximum absolute atomic E-state index is 13.6. The molecule has 0 unspecified atom stereocenters. The van der Waals surface area contributed by atoms with Crippen LogP contribution >= 0.6 is 31.9 Å². The van der Waals surface area contributed by atoms with Crippen molar-refractivity contribution in [2.24, 2.45) is 0 Å². The van der Waals surface area contributed by atoms with E-state index in [1.807, 2.05) is 12.1 Å². The summed E-state index contributed by atoms with van der Waals surface area (Å²) in [6.45, 7) is 0.0988. The zero-order valence-electron chi connectivity index (χ0n) is 11.9. The summed E-state index contributed by atoms with van der Waals surface area (Å²) in [6, 6.07) is 11.8. The first-order chi connectivity index (χ1) is 10.5. The van der Waals surface area contributed by atoms with Crippen molar-refractivity contribution < 1.29 is 13.9 Å². The standard InChI is InChI=1S/C16H14Br2FNO2/c1-20(9-11-4-2-3-5-14(11)19)16(21)10-22-15-7-6-12(17)8-13(15)18/h2-8H,9-10H2,1H3. The van der Waals surface area contributed by atoms with Gasteiger partial charge in [-0.15, -0.1) is 0 Å². The number of benzene rings is 2. The molecule has 2 aromatic carbocycles. The normalized spacial score (nSPS) is 10.4. The van der Waals surface area contributed by atoms with E-state index in [4.69, 9.17) is 4.74 Å². The minimum absolute atomic E-state index is 0.106. The van der Waals surface area contributed by atoms with Gasteiger partial charge in [-0.05, 0) is 40.2 Å². The molecule has 0 fully saturated rings. The molecule has 0 N–H and O–H groups in total. The maximum Gasteiger partial charge on any atom is 0.260 e. The molecule has 0 aromatic heterocycles. The van der Waals surface area contributed by atoms with Crippen molar-refractivity contribution in [2.75, 3.05) is 13.7 Å². The summed E-state index contributed by atoms with van der Waals surface area (Å²) < 4.78 is 20.7. The van der Waals surface area contributed by atoms with Crippen LogP contribution in [-0.2, 0) is 11.3 Å². The molecular weight excluding hydrogens is 417 g/mol. The lowest BCUT2D eigenvalue weighted by molar-refractivity contribution is -0.132. The Bertz CT molecular complexity index is 679. The molecule has 0 saturated heterocycles. The van der Waals surface area contributed by atoms with E-state index in [0.717, 1.165) is 8.95 Å². The lowest BCUT2D eigenvalue weighted by Gasteiger charge is -2.18. The molecule has 0 aliphatic heterocycles. The van der Waals surface area contributed by atoms with Crippen molar-refractivity contribution in [3.8, 4) is 5.75 Å². The highest BCUT2D eigenvalue weighted by Gasteiger charge is 2.13. The Balaban J connectivity index is 1.93. The molecule has 0 radical (unpaired) electrons. The molecule has 3 nitrogen and oxygen atoms in total. The molecule has 0 heterocycles. The van der Waals surface area contributed by atoms with Gasteiger partial charge in [-0.25, -0.2) is 4.39 Å². The molecule has 2 aromatic rings. The van der Waals surface area contributed by atoms with E-state index >= 15 is 0 Å². The Kier molecular flexibility index (Phi) is 5.97. The fourth-order valence-electron chi connectivity index (χ4n) is 1.81.